The maximum atomic E-state index is 13.2. The van der Waals surface area contributed by atoms with Gasteiger partial charge in [0, 0.05) is 32.9 Å². The molecule has 146 valence electrons. The molecular formula is C22H26N4O2. The molecule has 6 nitrogen and oxygen atoms in total. The highest BCUT2D eigenvalue weighted by Crippen LogP contribution is 2.20. The van der Waals surface area contributed by atoms with Gasteiger partial charge in [0.25, 0.3) is 5.91 Å². The molecule has 4 rings (SSSR count). The molecule has 0 saturated carbocycles. The van der Waals surface area contributed by atoms with E-state index < -0.39 is 0 Å². The molecule has 6 heteroatoms. The summed E-state index contributed by atoms with van der Waals surface area (Å²) < 4.78 is 1.99. The van der Waals surface area contributed by atoms with E-state index in [9.17, 15) is 9.90 Å². The number of benzene rings is 1. The van der Waals surface area contributed by atoms with Crippen molar-refractivity contribution in [2.24, 2.45) is 0 Å². The fourth-order valence-electron chi connectivity index (χ4n) is 3.87. The van der Waals surface area contributed by atoms with Gasteiger partial charge in [-0.05, 0) is 37.1 Å². The molecular weight excluding hydrogens is 352 g/mol. The highest BCUT2D eigenvalue weighted by atomic mass is 16.3. The molecule has 3 aromatic rings. The predicted molar refractivity (Wildman–Crippen MR) is 108 cm³/mol. The highest BCUT2D eigenvalue weighted by molar-refractivity contribution is 5.94. The van der Waals surface area contributed by atoms with E-state index in [4.69, 9.17) is 0 Å². The minimum atomic E-state index is -0.298. The molecule has 2 aromatic heterocycles. The molecule has 3 heterocycles. The Labute approximate surface area is 165 Å². The molecule has 28 heavy (non-hydrogen) atoms. The van der Waals surface area contributed by atoms with Crippen LogP contribution < -0.4 is 0 Å². The van der Waals surface area contributed by atoms with Crippen LogP contribution in [-0.2, 0) is 13.1 Å². The fourth-order valence-corrected chi connectivity index (χ4v) is 3.87. The summed E-state index contributed by atoms with van der Waals surface area (Å²) in [5, 5.41) is 10.0. The van der Waals surface area contributed by atoms with Gasteiger partial charge in [-0.3, -0.25) is 9.69 Å². The van der Waals surface area contributed by atoms with Crippen LogP contribution >= 0.6 is 0 Å². The molecule has 1 unspecified atom stereocenters. The maximum Gasteiger partial charge on any atom is 0.274 e. The summed E-state index contributed by atoms with van der Waals surface area (Å²) in [5.41, 5.74) is 3.23. The summed E-state index contributed by atoms with van der Waals surface area (Å²) >= 11 is 0. The Morgan fingerprint density at radius 2 is 2.00 bits per heavy atom. The number of pyridine rings is 1. The van der Waals surface area contributed by atoms with Gasteiger partial charge in [0.15, 0.2) is 5.69 Å². The number of likely N-dealkylation sites (tertiary alicyclic amines) is 1. The number of amides is 1. The Morgan fingerprint density at radius 1 is 1.21 bits per heavy atom. The second kappa shape index (κ2) is 8.12. The Balaban J connectivity index is 1.62. The molecule has 1 aliphatic heterocycles. The van der Waals surface area contributed by atoms with Gasteiger partial charge in [0.05, 0.1) is 11.8 Å². The minimum absolute atomic E-state index is 0.0832. The van der Waals surface area contributed by atoms with E-state index in [1.165, 1.54) is 0 Å². The number of fused-ring (bicyclic) bond motifs is 1. The normalized spacial score (nSPS) is 17.7. The van der Waals surface area contributed by atoms with Gasteiger partial charge < -0.3 is 14.4 Å². The lowest BCUT2D eigenvalue weighted by Gasteiger charge is -2.30. The van der Waals surface area contributed by atoms with Crippen LogP contribution in [0.2, 0.25) is 0 Å². The third kappa shape index (κ3) is 3.93. The van der Waals surface area contributed by atoms with Gasteiger partial charge >= 0.3 is 0 Å². The molecule has 1 aliphatic rings. The van der Waals surface area contributed by atoms with Crippen molar-refractivity contribution < 1.29 is 9.90 Å². The van der Waals surface area contributed by atoms with Crippen molar-refractivity contribution in [1.29, 1.82) is 0 Å². The SMILES string of the molecule is CN(Cc1ccccc1)C(=O)c1nc2ccccn2c1CN1CCCC(O)C1. The van der Waals surface area contributed by atoms with Gasteiger partial charge in [0.2, 0.25) is 0 Å². The summed E-state index contributed by atoms with van der Waals surface area (Å²) in [6, 6.07) is 15.8. The average molecular weight is 378 g/mol. The number of β-amino-alcohol motifs (C(OH)–C–C–N with tert-alkyl or cyclic N) is 1. The molecule has 1 saturated heterocycles. The largest absolute Gasteiger partial charge is 0.392 e. The van der Waals surface area contributed by atoms with E-state index in [1.54, 1.807) is 4.90 Å². The van der Waals surface area contributed by atoms with E-state index in [1.807, 2.05) is 66.2 Å². The van der Waals surface area contributed by atoms with Crippen LogP contribution in [0.3, 0.4) is 0 Å². The summed E-state index contributed by atoms with van der Waals surface area (Å²) in [6.07, 6.45) is 3.46. The Hall–Kier alpha value is -2.70. The quantitative estimate of drug-likeness (QED) is 0.741. The van der Waals surface area contributed by atoms with E-state index in [2.05, 4.69) is 9.88 Å². The zero-order valence-corrected chi connectivity index (χ0v) is 16.2. The molecule has 1 aromatic carbocycles. The van der Waals surface area contributed by atoms with Crippen molar-refractivity contribution in [2.75, 3.05) is 20.1 Å². The molecule has 0 spiro atoms. The van der Waals surface area contributed by atoms with E-state index in [-0.39, 0.29) is 12.0 Å². The van der Waals surface area contributed by atoms with E-state index in [0.29, 0.717) is 25.3 Å². The van der Waals surface area contributed by atoms with Gasteiger partial charge in [0.1, 0.15) is 5.65 Å². The minimum Gasteiger partial charge on any atom is -0.392 e. The third-order valence-corrected chi connectivity index (χ3v) is 5.29. The van der Waals surface area contributed by atoms with E-state index >= 15 is 0 Å². The number of aromatic nitrogens is 2. The second-order valence-corrected chi connectivity index (χ2v) is 7.51. The van der Waals surface area contributed by atoms with Crippen LogP contribution in [0, 0.1) is 0 Å². The number of imidazole rings is 1. The first-order valence-corrected chi connectivity index (χ1v) is 9.77. The summed E-state index contributed by atoms with van der Waals surface area (Å²) in [4.78, 5) is 21.8. The number of carbonyl (C=O) groups is 1. The zero-order chi connectivity index (χ0) is 19.5. The van der Waals surface area contributed by atoms with Crippen LogP contribution in [0.1, 0.15) is 34.6 Å². The smallest absolute Gasteiger partial charge is 0.274 e. The van der Waals surface area contributed by atoms with Crippen molar-refractivity contribution in [1.82, 2.24) is 19.2 Å². The summed E-state index contributed by atoms with van der Waals surface area (Å²) in [5.74, 6) is -0.0832. The fraction of sp³-hybridized carbons (Fsp3) is 0.364. The Kier molecular flexibility index (Phi) is 5.41. The van der Waals surface area contributed by atoms with Gasteiger partial charge in [-0.2, -0.15) is 0 Å². The van der Waals surface area contributed by atoms with Crippen molar-refractivity contribution >= 4 is 11.6 Å². The van der Waals surface area contributed by atoms with Crippen LogP contribution in [0.5, 0.6) is 0 Å². The molecule has 1 atom stereocenters. The molecule has 0 bridgehead atoms. The Bertz CT molecular complexity index is 954. The highest BCUT2D eigenvalue weighted by Gasteiger charge is 2.25. The number of hydrogen-bond acceptors (Lipinski definition) is 4. The Morgan fingerprint density at radius 3 is 2.79 bits per heavy atom. The summed E-state index contributed by atoms with van der Waals surface area (Å²) in [7, 11) is 1.81. The maximum absolute atomic E-state index is 13.2. The zero-order valence-electron chi connectivity index (χ0n) is 16.2. The molecule has 1 N–H and O–H groups in total. The predicted octanol–water partition coefficient (Wildman–Crippen LogP) is 2.56. The van der Waals surface area contributed by atoms with Crippen molar-refractivity contribution in [3.63, 3.8) is 0 Å². The molecule has 1 amide bonds. The van der Waals surface area contributed by atoms with E-state index in [0.717, 1.165) is 36.3 Å². The first-order valence-electron chi connectivity index (χ1n) is 9.77. The first kappa shape index (κ1) is 18.7. The van der Waals surface area contributed by atoms with Crippen molar-refractivity contribution in [3.8, 4) is 0 Å². The van der Waals surface area contributed by atoms with Crippen molar-refractivity contribution in [2.45, 2.75) is 32.0 Å². The number of nitrogens with zero attached hydrogens (tertiary/aromatic N) is 4. The van der Waals surface area contributed by atoms with Crippen LogP contribution in [0.25, 0.3) is 5.65 Å². The summed E-state index contributed by atoms with van der Waals surface area (Å²) in [6.45, 7) is 2.69. The van der Waals surface area contributed by atoms with Crippen LogP contribution in [0.15, 0.2) is 54.7 Å². The van der Waals surface area contributed by atoms with Crippen LogP contribution in [0.4, 0.5) is 0 Å². The number of carbonyl (C=O) groups excluding carboxylic acids is 1. The number of rotatable bonds is 5. The molecule has 0 aliphatic carbocycles. The standard InChI is InChI=1S/C22H26N4O2/c1-24(14-17-8-3-2-4-9-17)22(28)21-19(16-25-12-7-10-18(27)15-25)26-13-6-5-11-20(26)23-21/h2-6,8-9,11,13,18,27H,7,10,12,14-16H2,1H3. The lowest BCUT2D eigenvalue weighted by molar-refractivity contribution is 0.0653. The monoisotopic (exact) mass is 378 g/mol. The first-order chi connectivity index (χ1) is 13.6. The lowest BCUT2D eigenvalue weighted by Crippen LogP contribution is -2.38. The second-order valence-electron chi connectivity index (χ2n) is 7.51. The van der Waals surface area contributed by atoms with Gasteiger partial charge in [-0.15, -0.1) is 0 Å². The molecule has 1 fully saturated rings. The topological polar surface area (TPSA) is 61.1 Å². The van der Waals surface area contributed by atoms with Crippen LogP contribution in [-0.4, -0.2) is 56.4 Å². The van der Waals surface area contributed by atoms with Gasteiger partial charge in [-0.1, -0.05) is 36.4 Å². The number of piperidine rings is 1. The molecule has 0 radical (unpaired) electrons. The lowest BCUT2D eigenvalue weighted by atomic mass is 10.1. The number of hydrogen-bond donors (Lipinski definition) is 1. The third-order valence-electron chi connectivity index (χ3n) is 5.29. The van der Waals surface area contributed by atoms with Crippen molar-refractivity contribution in [3.05, 3.63) is 71.7 Å². The van der Waals surface area contributed by atoms with Gasteiger partial charge in [-0.25, -0.2) is 4.98 Å². The number of aliphatic hydroxyl groups is 1. The number of aliphatic hydroxyl groups excluding tert-OH is 1. The average Bonchev–Trinajstić information content (AvgIpc) is 3.06.